The third-order valence-electron chi connectivity index (χ3n) is 6.04. The molecule has 190 valence electrons. The molecule has 1 fully saturated rings. The molecule has 1 aliphatic rings. The lowest BCUT2D eigenvalue weighted by Crippen LogP contribution is -2.58. The maximum atomic E-state index is 13.6. The summed E-state index contributed by atoms with van der Waals surface area (Å²) in [5.74, 6) is -2.69. The van der Waals surface area contributed by atoms with E-state index in [-0.39, 0.29) is 31.9 Å². The van der Waals surface area contributed by atoms with Crippen LogP contribution in [0.15, 0.2) is 54.6 Å². The van der Waals surface area contributed by atoms with Crippen LogP contribution in [0.5, 0.6) is 5.75 Å². The molecule has 2 heterocycles. The van der Waals surface area contributed by atoms with Crippen LogP contribution in [0.2, 0.25) is 0 Å². The van der Waals surface area contributed by atoms with E-state index in [2.05, 4.69) is 4.98 Å². The maximum absolute atomic E-state index is 13.6. The minimum Gasteiger partial charge on any atom is -0.489 e. The largest absolute Gasteiger partial charge is 0.489 e. The summed E-state index contributed by atoms with van der Waals surface area (Å²) in [5.41, 5.74) is 2.27. The van der Waals surface area contributed by atoms with Crippen molar-refractivity contribution in [3.63, 3.8) is 0 Å². The summed E-state index contributed by atoms with van der Waals surface area (Å²) in [5, 5.41) is 9.87. The van der Waals surface area contributed by atoms with Crippen LogP contribution in [-0.4, -0.2) is 46.9 Å². The van der Waals surface area contributed by atoms with Gasteiger partial charge in [-0.15, -0.1) is 0 Å². The van der Waals surface area contributed by atoms with Gasteiger partial charge in [0.2, 0.25) is 5.91 Å². The molecule has 8 nitrogen and oxygen atoms in total. The fourth-order valence-corrected chi connectivity index (χ4v) is 4.43. The first kappa shape index (κ1) is 25.4. The second kappa shape index (κ2) is 10.1. The van der Waals surface area contributed by atoms with Gasteiger partial charge in [0, 0.05) is 28.9 Å². The average molecular weight is 503 g/mol. The molecule has 1 aromatic heterocycles. The lowest BCUT2D eigenvalue weighted by molar-refractivity contribution is -0.172. The van der Waals surface area contributed by atoms with Crippen molar-refractivity contribution in [2.24, 2.45) is 0 Å². The number of hydrogen-bond acceptors (Lipinski definition) is 6. The van der Waals surface area contributed by atoms with Gasteiger partial charge >= 0.3 is 12.1 Å². The zero-order valence-electron chi connectivity index (χ0n) is 19.3. The number of halogens is 3. The number of fused-ring (bicyclic) bond motifs is 1. The number of carbonyl (C=O) groups excluding carboxylic acids is 2. The van der Waals surface area contributed by atoms with E-state index in [0.29, 0.717) is 10.6 Å². The van der Waals surface area contributed by atoms with Gasteiger partial charge in [0.15, 0.2) is 0 Å². The summed E-state index contributed by atoms with van der Waals surface area (Å²) in [6, 6.07) is 15.1. The number of hydrogen-bond donors (Lipinski definition) is 2. The molecule has 0 saturated carbocycles. The molecule has 4 rings (SSSR count). The summed E-state index contributed by atoms with van der Waals surface area (Å²) in [7, 11) is 0. The molecule has 3 aromatic rings. The predicted molar refractivity (Wildman–Crippen MR) is 124 cm³/mol. The first-order valence-corrected chi connectivity index (χ1v) is 11.1. The molecule has 11 heteroatoms. The lowest BCUT2D eigenvalue weighted by atomic mass is 9.90. The minimum atomic E-state index is -5.19. The highest BCUT2D eigenvalue weighted by molar-refractivity contribution is 5.99. The molecule has 36 heavy (non-hydrogen) atoms. The summed E-state index contributed by atoms with van der Waals surface area (Å²) in [6.07, 6.45) is -5.78. The fourth-order valence-electron chi connectivity index (χ4n) is 4.43. The van der Waals surface area contributed by atoms with Crippen LogP contribution in [0.25, 0.3) is 10.9 Å². The number of amides is 2. The number of hydroxylamine groups is 1. The molecule has 0 spiro atoms. The van der Waals surface area contributed by atoms with Crippen molar-refractivity contribution < 1.29 is 37.4 Å². The molecule has 0 aliphatic carbocycles. The SMILES string of the molecule is Cc1cc(COc2ccc(N(C(=O)C(F)(F)F)[C@]3(CC(=O)NO)CCOC3)cc2)c2ccccc2n1. The Morgan fingerprint density at radius 2 is 1.92 bits per heavy atom. The van der Waals surface area contributed by atoms with Gasteiger partial charge in [0.05, 0.1) is 24.1 Å². The summed E-state index contributed by atoms with van der Waals surface area (Å²) < 4.78 is 51.8. The van der Waals surface area contributed by atoms with Gasteiger partial charge in [-0.25, -0.2) is 5.48 Å². The number of alkyl halides is 3. The zero-order valence-corrected chi connectivity index (χ0v) is 19.3. The third-order valence-corrected chi connectivity index (χ3v) is 6.04. The van der Waals surface area contributed by atoms with Gasteiger partial charge in [0.1, 0.15) is 12.4 Å². The molecule has 1 atom stereocenters. The van der Waals surface area contributed by atoms with Crippen LogP contribution in [-0.2, 0) is 20.9 Å². The predicted octanol–water partition coefficient (Wildman–Crippen LogP) is 4.07. The number of para-hydroxylation sites is 1. The van der Waals surface area contributed by atoms with Crippen molar-refractivity contribution in [3.8, 4) is 5.75 Å². The smallest absolute Gasteiger partial charge is 0.471 e. The van der Waals surface area contributed by atoms with E-state index in [4.69, 9.17) is 14.7 Å². The molecule has 1 saturated heterocycles. The van der Waals surface area contributed by atoms with Crippen molar-refractivity contribution in [3.05, 3.63) is 65.9 Å². The Labute approximate surface area is 204 Å². The number of carbonyl (C=O) groups is 2. The fraction of sp³-hybridized carbons (Fsp3) is 0.320. The van der Waals surface area contributed by atoms with E-state index in [1.54, 1.807) is 0 Å². The Morgan fingerprint density at radius 3 is 2.56 bits per heavy atom. The van der Waals surface area contributed by atoms with Crippen LogP contribution in [0, 0.1) is 6.92 Å². The third kappa shape index (κ3) is 5.26. The van der Waals surface area contributed by atoms with Gasteiger partial charge in [-0.3, -0.25) is 24.7 Å². The van der Waals surface area contributed by atoms with Crippen LogP contribution in [0.1, 0.15) is 24.1 Å². The number of pyridine rings is 1. The van der Waals surface area contributed by atoms with Crippen molar-refractivity contribution in [1.29, 1.82) is 0 Å². The van der Waals surface area contributed by atoms with Crippen molar-refractivity contribution in [2.75, 3.05) is 18.1 Å². The summed E-state index contributed by atoms with van der Waals surface area (Å²) >= 11 is 0. The Bertz CT molecular complexity index is 1260. The number of aryl methyl sites for hydroxylation is 1. The molecule has 2 amide bonds. The molecule has 0 bridgehead atoms. The number of nitrogens with zero attached hydrogens (tertiary/aromatic N) is 2. The van der Waals surface area contributed by atoms with Crippen molar-refractivity contribution in [1.82, 2.24) is 10.5 Å². The molecule has 2 N–H and O–H groups in total. The Balaban J connectivity index is 1.61. The van der Waals surface area contributed by atoms with E-state index in [1.165, 1.54) is 29.7 Å². The van der Waals surface area contributed by atoms with Gasteiger partial charge < -0.3 is 9.47 Å². The van der Waals surface area contributed by atoms with Crippen LogP contribution < -0.4 is 15.1 Å². The van der Waals surface area contributed by atoms with E-state index < -0.39 is 30.0 Å². The highest BCUT2D eigenvalue weighted by Gasteiger charge is 2.53. The number of rotatable bonds is 7. The molecule has 0 unspecified atom stereocenters. The first-order valence-electron chi connectivity index (χ1n) is 11.1. The van der Waals surface area contributed by atoms with E-state index >= 15 is 0 Å². The lowest BCUT2D eigenvalue weighted by Gasteiger charge is -2.40. The van der Waals surface area contributed by atoms with Crippen LogP contribution >= 0.6 is 0 Å². The van der Waals surface area contributed by atoms with Crippen molar-refractivity contribution >= 4 is 28.4 Å². The first-order chi connectivity index (χ1) is 17.1. The van der Waals surface area contributed by atoms with Gasteiger partial charge in [-0.05, 0) is 49.7 Å². The Hall–Kier alpha value is -3.70. The van der Waals surface area contributed by atoms with E-state index in [9.17, 15) is 22.8 Å². The highest BCUT2D eigenvalue weighted by atomic mass is 19.4. The second-order valence-corrected chi connectivity index (χ2v) is 8.60. The molecule has 0 radical (unpaired) electrons. The standard InChI is InChI=1S/C25H24F3N3O5/c1-16-12-17(20-4-2-3-5-21(20)29-16)14-36-19-8-6-18(7-9-19)31(23(33)25(26,27)28)24(10-11-35-15-24)13-22(32)30-34/h2-9,12,34H,10-11,13-15H2,1H3,(H,30,32)/t24-/m0/s1. The second-order valence-electron chi connectivity index (χ2n) is 8.60. The maximum Gasteiger partial charge on any atom is 0.471 e. The topological polar surface area (TPSA) is 101 Å². The van der Waals surface area contributed by atoms with E-state index in [1.807, 2.05) is 37.3 Å². The number of ether oxygens (including phenoxy) is 2. The minimum absolute atomic E-state index is 0.0189. The zero-order chi connectivity index (χ0) is 25.9. The average Bonchev–Trinajstić information content (AvgIpc) is 3.31. The molecule has 1 aliphatic heterocycles. The Morgan fingerprint density at radius 1 is 1.19 bits per heavy atom. The summed E-state index contributed by atoms with van der Waals surface area (Å²) in [4.78, 5) is 29.4. The number of nitrogens with one attached hydrogen (secondary N) is 1. The summed E-state index contributed by atoms with van der Waals surface area (Å²) in [6.45, 7) is 1.83. The van der Waals surface area contributed by atoms with E-state index in [0.717, 1.165) is 22.2 Å². The van der Waals surface area contributed by atoms with Gasteiger partial charge in [-0.1, -0.05) is 18.2 Å². The molecular formula is C25H24F3N3O5. The quantitative estimate of drug-likeness (QED) is 0.372. The number of anilines is 1. The Kier molecular flexibility index (Phi) is 7.14. The molecular weight excluding hydrogens is 479 g/mol. The monoisotopic (exact) mass is 503 g/mol. The van der Waals surface area contributed by atoms with Crippen LogP contribution in [0.3, 0.4) is 0 Å². The number of benzene rings is 2. The van der Waals surface area contributed by atoms with Crippen molar-refractivity contribution in [2.45, 2.75) is 38.1 Å². The number of aromatic nitrogens is 1. The van der Waals surface area contributed by atoms with Gasteiger partial charge in [-0.2, -0.15) is 13.2 Å². The molecule has 2 aromatic carbocycles. The normalized spacial score (nSPS) is 17.7. The van der Waals surface area contributed by atoms with Gasteiger partial charge in [0.25, 0.3) is 0 Å². The highest BCUT2D eigenvalue weighted by Crippen LogP contribution is 2.38. The van der Waals surface area contributed by atoms with Crippen LogP contribution in [0.4, 0.5) is 18.9 Å².